The van der Waals surface area contributed by atoms with E-state index in [1.165, 1.54) is 40.5 Å². The van der Waals surface area contributed by atoms with Gasteiger partial charge in [-0.25, -0.2) is 9.36 Å². The topological polar surface area (TPSA) is 109 Å². The van der Waals surface area contributed by atoms with E-state index >= 15 is 0 Å². The second kappa shape index (κ2) is 7.41. The number of nitrogens with one attached hydrogen (secondary N) is 2. The van der Waals surface area contributed by atoms with Crippen LogP contribution in [0.15, 0.2) is 27.8 Å². The fraction of sp³-hybridized carbons (Fsp3) is 0.421. The van der Waals surface area contributed by atoms with Crippen LogP contribution < -0.4 is 21.8 Å². The molecule has 0 bridgehead atoms. The summed E-state index contributed by atoms with van der Waals surface area (Å²) in [6.07, 6.45) is 0. The SMILES string of the molecule is CN(C)C(=O)c1cccc(Nc2c(NC(C)(C)C)c(=O)n(C)n(C)c2=O)c1O. The van der Waals surface area contributed by atoms with Crippen LogP contribution in [-0.2, 0) is 14.1 Å². The van der Waals surface area contributed by atoms with Gasteiger partial charge in [0.15, 0.2) is 5.75 Å². The van der Waals surface area contributed by atoms with Crippen LogP contribution in [0, 0.1) is 0 Å². The van der Waals surface area contributed by atoms with E-state index in [2.05, 4.69) is 10.6 Å². The van der Waals surface area contributed by atoms with Crippen LogP contribution in [0.4, 0.5) is 17.1 Å². The monoisotopic (exact) mass is 389 g/mol. The highest BCUT2D eigenvalue weighted by Crippen LogP contribution is 2.31. The number of anilines is 3. The number of aromatic hydroxyl groups is 1. The Morgan fingerprint density at radius 1 is 1.04 bits per heavy atom. The molecular weight excluding hydrogens is 362 g/mol. The Morgan fingerprint density at radius 2 is 1.57 bits per heavy atom. The van der Waals surface area contributed by atoms with Crippen molar-refractivity contribution in [3.63, 3.8) is 0 Å². The molecular formula is C19H27N5O4. The maximum absolute atomic E-state index is 12.8. The summed E-state index contributed by atoms with van der Waals surface area (Å²) >= 11 is 0. The van der Waals surface area contributed by atoms with Crippen LogP contribution in [0.25, 0.3) is 0 Å². The first-order valence-corrected chi connectivity index (χ1v) is 8.74. The van der Waals surface area contributed by atoms with Gasteiger partial charge in [-0.05, 0) is 32.9 Å². The number of hydrogen-bond donors (Lipinski definition) is 3. The van der Waals surface area contributed by atoms with Crippen LogP contribution in [-0.4, -0.2) is 44.9 Å². The summed E-state index contributed by atoms with van der Waals surface area (Å²) in [6.45, 7) is 5.59. The summed E-state index contributed by atoms with van der Waals surface area (Å²) in [5, 5.41) is 16.5. The minimum absolute atomic E-state index is 0.00900. The smallest absolute Gasteiger partial charge is 0.290 e. The van der Waals surface area contributed by atoms with Gasteiger partial charge < -0.3 is 20.6 Å². The minimum Gasteiger partial charge on any atom is -0.505 e. The molecule has 28 heavy (non-hydrogen) atoms. The zero-order valence-electron chi connectivity index (χ0n) is 17.2. The standard InChI is InChI=1S/C19H27N5O4/c1-19(2,3)21-14-13(17(27)23(6)24(7)18(14)28)20-12-10-8-9-11(15(12)25)16(26)22(4)5/h8-10,20-21,25H,1-7H3. The molecule has 1 aromatic carbocycles. The average Bonchev–Trinajstić information content (AvgIpc) is 2.60. The summed E-state index contributed by atoms with van der Waals surface area (Å²) in [7, 11) is 6.12. The molecule has 2 aromatic rings. The Balaban J connectivity index is 2.68. The number of nitrogens with zero attached hydrogens (tertiary/aromatic N) is 3. The van der Waals surface area contributed by atoms with Crippen molar-refractivity contribution in [3.8, 4) is 5.75 Å². The van der Waals surface area contributed by atoms with Crippen LogP contribution in [0.2, 0.25) is 0 Å². The van der Waals surface area contributed by atoms with E-state index in [0.717, 1.165) is 0 Å². The van der Waals surface area contributed by atoms with Crippen molar-refractivity contribution in [2.45, 2.75) is 26.3 Å². The number of rotatable bonds is 4. The Hall–Kier alpha value is -3.23. The van der Waals surface area contributed by atoms with E-state index in [1.54, 1.807) is 20.2 Å². The molecule has 0 spiro atoms. The Kier molecular flexibility index (Phi) is 5.58. The number of phenolic OH excluding ortho intramolecular Hbond substituents is 1. The van der Waals surface area contributed by atoms with Crippen LogP contribution in [0.3, 0.4) is 0 Å². The predicted octanol–water partition coefficient (Wildman–Crippen LogP) is 1.45. The third-order valence-corrected chi connectivity index (χ3v) is 4.15. The number of phenols is 1. The number of benzene rings is 1. The van der Waals surface area contributed by atoms with Gasteiger partial charge in [-0.2, -0.15) is 0 Å². The highest BCUT2D eigenvalue weighted by Gasteiger charge is 2.23. The maximum Gasteiger partial charge on any atom is 0.290 e. The second-order valence-electron chi connectivity index (χ2n) is 7.81. The number of carbonyl (C=O) groups is 1. The molecule has 3 N–H and O–H groups in total. The highest BCUT2D eigenvalue weighted by atomic mass is 16.3. The average molecular weight is 389 g/mol. The van der Waals surface area contributed by atoms with Gasteiger partial charge in [0, 0.05) is 33.7 Å². The molecule has 0 atom stereocenters. The molecule has 0 aliphatic rings. The van der Waals surface area contributed by atoms with Crippen LogP contribution in [0.5, 0.6) is 5.75 Å². The summed E-state index contributed by atoms with van der Waals surface area (Å²) in [5.41, 5.74) is -1.04. The Morgan fingerprint density at radius 3 is 2.07 bits per heavy atom. The third-order valence-electron chi connectivity index (χ3n) is 4.15. The van der Waals surface area contributed by atoms with Gasteiger partial charge >= 0.3 is 0 Å². The Bertz CT molecular complexity index is 1030. The van der Waals surface area contributed by atoms with Crippen molar-refractivity contribution >= 4 is 23.0 Å². The number of hydrogen-bond acceptors (Lipinski definition) is 6. The van der Waals surface area contributed by atoms with Gasteiger partial charge in [-0.1, -0.05) is 6.07 Å². The third kappa shape index (κ3) is 4.03. The lowest BCUT2D eigenvalue weighted by Crippen LogP contribution is -2.41. The molecule has 0 aliphatic heterocycles. The van der Waals surface area contributed by atoms with Crippen LogP contribution >= 0.6 is 0 Å². The first kappa shape index (κ1) is 21.1. The molecule has 2 rings (SSSR count). The van der Waals surface area contributed by atoms with E-state index in [0.29, 0.717) is 0 Å². The quantitative estimate of drug-likeness (QED) is 0.683. The number of amides is 1. The molecule has 0 saturated carbocycles. The van der Waals surface area contributed by atoms with Crippen molar-refractivity contribution in [3.05, 3.63) is 44.5 Å². The van der Waals surface area contributed by atoms with Gasteiger partial charge in [0.1, 0.15) is 11.4 Å². The van der Waals surface area contributed by atoms with E-state index in [4.69, 9.17) is 0 Å². The van der Waals surface area contributed by atoms with Gasteiger partial charge in [-0.3, -0.25) is 14.4 Å². The molecule has 0 aliphatic carbocycles. The fourth-order valence-electron chi connectivity index (χ4n) is 2.61. The summed E-state index contributed by atoms with van der Waals surface area (Å²) in [4.78, 5) is 39.2. The van der Waals surface area contributed by atoms with Crippen molar-refractivity contribution in [1.29, 1.82) is 0 Å². The largest absolute Gasteiger partial charge is 0.505 e. The molecule has 1 heterocycles. The lowest BCUT2D eigenvalue weighted by Gasteiger charge is -2.25. The van der Waals surface area contributed by atoms with Gasteiger partial charge in [0.05, 0.1) is 11.3 Å². The molecule has 152 valence electrons. The van der Waals surface area contributed by atoms with Gasteiger partial charge in [-0.15, -0.1) is 0 Å². The number of aromatic nitrogens is 2. The lowest BCUT2D eigenvalue weighted by atomic mass is 10.1. The van der Waals surface area contributed by atoms with Gasteiger partial charge in [0.2, 0.25) is 0 Å². The second-order valence-corrected chi connectivity index (χ2v) is 7.81. The van der Waals surface area contributed by atoms with Crippen molar-refractivity contribution in [2.75, 3.05) is 24.7 Å². The van der Waals surface area contributed by atoms with Crippen molar-refractivity contribution in [1.82, 2.24) is 14.3 Å². The molecule has 9 nitrogen and oxygen atoms in total. The first-order valence-electron chi connectivity index (χ1n) is 8.74. The van der Waals surface area contributed by atoms with E-state index in [-0.39, 0.29) is 34.3 Å². The zero-order valence-corrected chi connectivity index (χ0v) is 17.2. The van der Waals surface area contributed by atoms with E-state index < -0.39 is 16.7 Å². The molecule has 0 fully saturated rings. The molecule has 0 radical (unpaired) electrons. The number of carbonyl (C=O) groups excluding carboxylic acids is 1. The molecule has 0 unspecified atom stereocenters. The first-order chi connectivity index (χ1) is 12.8. The van der Waals surface area contributed by atoms with Crippen molar-refractivity contribution in [2.24, 2.45) is 14.1 Å². The minimum atomic E-state index is -0.486. The molecule has 9 heteroatoms. The summed E-state index contributed by atoms with van der Waals surface area (Å²) < 4.78 is 2.37. The predicted molar refractivity (Wildman–Crippen MR) is 110 cm³/mol. The van der Waals surface area contributed by atoms with Gasteiger partial charge in [0.25, 0.3) is 17.0 Å². The molecule has 1 aromatic heterocycles. The zero-order chi connectivity index (χ0) is 21.4. The fourth-order valence-corrected chi connectivity index (χ4v) is 2.61. The highest BCUT2D eigenvalue weighted by molar-refractivity contribution is 5.98. The summed E-state index contributed by atoms with van der Waals surface area (Å²) in [6, 6.07) is 4.60. The maximum atomic E-state index is 12.8. The number of para-hydroxylation sites is 1. The molecule has 1 amide bonds. The molecule has 0 saturated heterocycles. The van der Waals surface area contributed by atoms with Crippen LogP contribution in [0.1, 0.15) is 31.1 Å². The lowest BCUT2D eigenvalue weighted by molar-refractivity contribution is 0.0824. The Labute approximate surface area is 163 Å². The summed E-state index contributed by atoms with van der Waals surface area (Å²) in [5.74, 6) is -0.684. The van der Waals surface area contributed by atoms with E-state index in [9.17, 15) is 19.5 Å². The van der Waals surface area contributed by atoms with Crippen molar-refractivity contribution < 1.29 is 9.90 Å². The normalized spacial score (nSPS) is 11.2. The van der Waals surface area contributed by atoms with E-state index in [1.807, 2.05) is 20.8 Å².